The first kappa shape index (κ1) is 18.3. The lowest BCUT2D eigenvalue weighted by Crippen LogP contribution is -2.21. The van der Waals surface area contributed by atoms with Crippen LogP contribution in [0.15, 0.2) is 40.9 Å². The lowest BCUT2D eigenvalue weighted by atomic mass is 10.1. The maximum atomic E-state index is 13.7. The van der Waals surface area contributed by atoms with Gasteiger partial charge in [-0.05, 0) is 30.3 Å². The first-order chi connectivity index (χ1) is 12.8. The number of hydrogen-bond donors (Lipinski definition) is 4. The quantitative estimate of drug-likeness (QED) is 0.236. The summed E-state index contributed by atoms with van der Waals surface area (Å²) < 4.78 is 56.8. The summed E-state index contributed by atoms with van der Waals surface area (Å²) in [5.74, 6) is -2.08. The van der Waals surface area contributed by atoms with Crippen LogP contribution in [-0.4, -0.2) is 26.2 Å². The summed E-state index contributed by atoms with van der Waals surface area (Å²) in [6.45, 7) is 0. The Hall–Kier alpha value is -3.54. The Morgan fingerprint density at radius 2 is 1.96 bits per heavy atom. The maximum Gasteiger partial charge on any atom is 0.419 e. The molecule has 12 heteroatoms. The molecule has 3 aromatic rings. The SMILES string of the molecule is N=C(NO)c1ncccc1Nc1nnc(-c2ccc(C(F)(F)F)c(F)c2)o1. The van der Waals surface area contributed by atoms with Crippen molar-refractivity contribution in [2.75, 3.05) is 5.32 Å². The molecule has 0 aliphatic rings. The number of benzene rings is 1. The van der Waals surface area contributed by atoms with Gasteiger partial charge in [-0.25, -0.2) is 4.39 Å². The van der Waals surface area contributed by atoms with Gasteiger partial charge >= 0.3 is 12.2 Å². The third kappa shape index (κ3) is 3.84. The highest BCUT2D eigenvalue weighted by molar-refractivity contribution is 5.99. The summed E-state index contributed by atoms with van der Waals surface area (Å²) in [4.78, 5) is 3.90. The number of anilines is 2. The molecule has 0 saturated carbocycles. The summed E-state index contributed by atoms with van der Waals surface area (Å²) in [5.41, 5.74) is 0.471. The molecule has 0 radical (unpaired) electrons. The highest BCUT2D eigenvalue weighted by atomic mass is 19.4. The summed E-state index contributed by atoms with van der Waals surface area (Å²) in [6, 6.07) is 5.10. The molecule has 0 bridgehead atoms. The van der Waals surface area contributed by atoms with Gasteiger partial charge in [0.1, 0.15) is 11.5 Å². The smallest absolute Gasteiger partial charge is 0.403 e. The Morgan fingerprint density at radius 1 is 1.19 bits per heavy atom. The van der Waals surface area contributed by atoms with Gasteiger partial charge in [-0.2, -0.15) is 13.2 Å². The number of halogens is 4. The molecule has 0 aliphatic carbocycles. The summed E-state index contributed by atoms with van der Waals surface area (Å²) in [5, 5.41) is 26.3. The Kier molecular flexibility index (Phi) is 4.73. The van der Waals surface area contributed by atoms with E-state index < -0.39 is 23.4 Å². The van der Waals surface area contributed by atoms with E-state index in [0.29, 0.717) is 12.1 Å². The summed E-state index contributed by atoms with van der Waals surface area (Å²) in [7, 11) is 0. The molecule has 0 amide bonds. The topological polar surface area (TPSA) is 120 Å². The molecule has 2 heterocycles. The lowest BCUT2D eigenvalue weighted by Gasteiger charge is -2.08. The standard InChI is InChI=1S/C15H10F4N6O2/c16-9-6-7(3-4-8(9)15(17,18)19)13-23-24-14(27-13)22-10-2-1-5-21-11(10)12(20)25-26/h1-6,26H,(H2,20,25)(H,22,24). The molecular weight excluding hydrogens is 372 g/mol. The fourth-order valence-electron chi connectivity index (χ4n) is 2.14. The third-order valence-corrected chi connectivity index (χ3v) is 3.34. The number of nitrogens with zero attached hydrogens (tertiary/aromatic N) is 3. The van der Waals surface area contributed by atoms with Gasteiger partial charge in [-0.3, -0.25) is 21.1 Å². The minimum absolute atomic E-state index is 0.0420. The number of hydroxylamine groups is 1. The van der Waals surface area contributed by atoms with Crippen molar-refractivity contribution in [2.24, 2.45) is 0 Å². The highest BCUT2D eigenvalue weighted by Crippen LogP contribution is 2.33. The van der Waals surface area contributed by atoms with Crippen molar-refractivity contribution >= 4 is 17.5 Å². The van der Waals surface area contributed by atoms with Gasteiger partial charge in [0.05, 0.1) is 11.3 Å². The molecular formula is C15H10F4N6O2. The average Bonchev–Trinajstić information content (AvgIpc) is 3.09. The number of amidine groups is 1. The van der Waals surface area contributed by atoms with Crippen LogP contribution in [0.1, 0.15) is 11.3 Å². The van der Waals surface area contributed by atoms with Crippen molar-refractivity contribution in [2.45, 2.75) is 6.18 Å². The van der Waals surface area contributed by atoms with Crippen LogP contribution in [0, 0.1) is 11.2 Å². The molecule has 8 nitrogen and oxygen atoms in total. The normalized spacial score (nSPS) is 11.3. The lowest BCUT2D eigenvalue weighted by molar-refractivity contribution is -0.139. The van der Waals surface area contributed by atoms with Crippen molar-refractivity contribution in [1.29, 1.82) is 5.41 Å². The predicted molar refractivity (Wildman–Crippen MR) is 84.0 cm³/mol. The van der Waals surface area contributed by atoms with Gasteiger partial charge in [0.15, 0.2) is 5.84 Å². The van der Waals surface area contributed by atoms with E-state index in [9.17, 15) is 17.6 Å². The van der Waals surface area contributed by atoms with Crippen LogP contribution >= 0.6 is 0 Å². The number of rotatable bonds is 4. The molecule has 3 rings (SSSR count). The second kappa shape index (κ2) is 6.99. The van der Waals surface area contributed by atoms with Crippen LogP contribution in [0.3, 0.4) is 0 Å². The molecule has 27 heavy (non-hydrogen) atoms. The second-order valence-electron chi connectivity index (χ2n) is 5.12. The van der Waals surface area contributed by atoms with Gasteiger partial charge < -0.3 is 9.73 Å². The summed E-state index contributed by atoms with van der Waals surface area (Å²) in [6.07, 6.45) is -3.43. The Bertz CT molecular complexity index is 988. The van der Waals surface area contributed by atoms with Crippen LogP contribution in [0.2, 0.25) is 0 Å². The van der Waals surface area contributed by atoms with E-state index in [2.05, 4.69) is 20.5 Å². The van der Waals surface area contributed by atoms with Crippen molar-refractivity contribution < 1.29 is 27.2 Å². The van der Waals surface area contributed by atoms with E-state index in [0.717, 1.165) is 6.07 Å². The van der Waals surface area contributed by atoms with Crippen molar-refractivity contribution in [3.8, 4) is 11.5 Å². The monoisotopic (exact) mass is 382 g/mol. The third-order valence-electron chi connectivity index (χ3n) is 3.34. The fourth-order valence-corrected chi connectivity index (χ4v) is 2.14. The van der Waals surface area contributed by atoms with Gasteiger partial charge in [0.2, 0.25) is 5.89 Å². The van der Waals surface area contributed by atoms with Crippen LogP contribution in [0.4, 0.5) is 29.3 Å². The molecule has 140 valence electrons. The Labute approximate surface area is 148 Å². The molecule has 0 saturated heterocycles. The molecule has 2 aromatic heterocycles. The maximum absolute atomic E-state index is 13.7. The zero-order chi connectivity index (χ0) is 19.6. The molecule has 0 fully saturated rings. The van der Waals surface area contributed by atoms with Crippen LogP contribution in [0.25, 0.3) is 11.5 Å². The summed E-state index contributed by atoms with van der Waals surface area (Å²) >= 11 is 0. The first-order valence-electron chi connectivity index (χ1n) is 7.21. The zero-order valence-electron chi connectivity index (χ0n) is 13.2. The zero-order valence-corrected chi connectivity index (χ0v) is 13.2. The van der Waals surface area contributed by atoms with E-state index in [4.69, 9.17) is 15.0 Å². The number of aromatic nitrogens is 3. The number of nitrogens with one attached hydrogen (secondary N) is 3. The predicted octanol–water partition coefficient (Wildman–Crippen LogP) is 3.34. The van der Waals surface area contributed by atoms with Crippen molar-refractivity contribution in [3.05, 3.63) is 53.6 Å². The van der Waals surface area contributed by atoms with Gasteiger partial charge in [-0.1, -0.05) is 5.10 Å². The van der Waals surface area contributed by atoms with E-state index in [1.807, 2.05) is 0 Å². The molecule has 0 atom stereocenters. The second-order valence-corrected chi connectivity index (χ2v) is 5.12. The molecule has 0 aliphatic heterocycles. The van der Waals surface area contributed by atoms with E-state index in [1.54, 1.807) is 11.5 Å². The van der Waals surface area contributed by atoms with Crippen molar-refractivity contribution in [1.82, 2.24) is 20.7 Å². The minimum atomic E-state index is -4.81. The first-order valence-corrected chi connectivity index (χ1v) is 7.21. The fraction of sp³-hybridized carbons (Fsp3) is 0.0667. The van der Waals surface area contributed by atoms with Gasteiger partial charge in [0.25, 0.3) is 0 Å². The Morgan fingerprint density at radius 3 is 2.63 bits per heavy atom. The van der Waals surface area contributed by atoms with Crippen LogP contribution in [-0.2, 0) is 6.18 Å². The number of pyridine rings is 1. The molecule has 4 N–H and O–H groups in total. The van der Waals surface area contributed by atoms with E-state index in [1.165, 1.54) is 12.3 Å². The van der Waals surface area contributed by atoms with Crippen molar-refractivity contribution in [3.63, 3.8) is 0 Å². The number of alkyl halides is 3. The van der Waals surface area contributed by atoms with Crippen LogP contribution < -0.4 is 10.8 Å². The van der Waals surface area contributed by atoms with Gasteiger partial charge in [-0.15, -0.1) is 5.10 Å². The largest absolute Gasteiger partial charge is 0.419 e. The molecule has 1 aromatic carbocycles. The average molecular weight is 382 g/mol. The Balaban J connectivity index is 1.86. The van der Waals surface area contributed by atoms with Crippen LogP contribution in [0.5, 0.6) is 0 Å². The number of hydrogen-bond acceptors (Lipinski definition) is 7. The highest BCUT2D eigenvalue weighted by Gasteiger charge is 2.34. The minimum Gasteiger partial charge on any atom is -0.403 e. The molecule has 0 unspecified atom stereocenters. The van der Waals surface area contributed by atoms with Gasteiger partial charge in [0, 0.05) is 11.8 Å². The van der Waals surface area contributed by atoms with E-state index in [-0.39, 0.29) is 28.9 Å². The molecule has 0 spiro atoms. The van der Waals surface area contributed by atoms with E-state index >= 15 is 0 Å².